The number of benzene rings is 1. The highest BCUT2D eigenvalue weighted by Crippen LogP contribution is 2.32. The number of hydrogen-bond donors (Lipinski definition) is 4. The minimum atomic E-state index is -1.61. The smallest absolute Gasteiger partial charge is 0.329 e. The van der Waals surface area contributed by atoms with Crippen LogP contribution in [0.2, 0.25) is 0 Å². The third-order valence-electron chi connectivity index (χ3n) is 14.2. The Morgan fingerprint density at radius 2 is 1.09 bits per heavy atom. The number of aromatic nitrogens is 2. The summed E-state index contributed by atoms with van der Waals surface area (Å²) >= 11 is 0. The first-order valence-electron chi connectivity index (χ1n) is 24.3. The van der Waals surface area contributed by atoms with Crippen LogP contribution in [0.15, 0.2) is 42.6 Å². The van der Waals surface area contributed by atoms with Crippen molar-refractivity contribution in [1.29, 1.82) is 0 Å². The predicted molar refractivity (Wildman–Crippen MR) is 254 cm³/mol. The summed E-state index contributed by atoms with van der Waals surface area (Å²) in [5.41, 5.74) is 6.99. The van der Waals surface area contributed by atoms with E-state index in [2.05, 4.69) is 25.9 Å². The molecule has 3 heterocycles. The molecular weight excluding hydrogens is 905 g/mol. The van der Waals surface area contributed by atoms with E-state index in [1.54, 1.807) is 36.4 Å². The van der Waals surface area contributed by atoms with Crippen molar-refractivity contribution in [3.63, 3.8) is 0 Å². The van der Waals surface area contributed by atoms with E-state index in [-0.39, 0.29) is 30.4 Å². The monoisotopic (exact) mass is 973 g/mol. The zero-order valence-corrected chi connectivity index (χ0v) is 41.0. The largest absolute Gasteiger partial charge is 0.462 e. The number of hydrogen-bond acceptors (Lipinski definition) is 14. The normalized spacial score (nSPS) is 29.2. The van der Waals surface area contributed by atoms with Crippen LogP contribution < -0.4 is 21.7 Å². The van der Waals surface area contributed by atoms with Crippen LogP contribution in [0.4, 0.5) is 0 Å². The van der Waals surface area contributed by atoms with Crippen molar-refractivity contribution in [2.75, 3.05) is 41.4 Å². The summed E-state index contributed by atoms with van der Waals surface area (Å²) in [5, 5.41) is 7.78. The maximum atomic E-state index is 14.9. The van der Waals surface area contributed by atoms with Gasteiger partial charge in [-0.15, -0.1) is 0 Å². The first-order chi connectivity index (χ1) is 33.4. The zero-order chi connectivity index (χ0) is 50.8. The van der Waals surface area contributed by atoms with Crippen LogP contribution >= 0.6 is 0 Å². The van der Waals surface area contributed by atoms with Gasteiger partial charge in [0.1, 0.15) is 67.2 Å². The van der Waals surface area contributed by atoms with E-state index in [0.29, 0.717) is 36.7 Å². The lowest BCUT2D eigenvalue weighted by Crippen LogP contribution is -2.60. The van der Waals surface area contributed by atoms with Crippen LogP contribution in [0.25, 0.3) is 11.0 Å². The Labute approximate surface area is 408 Å². The third-order valence-corrected chi connectivity index (χ3v) is 14.2. The highest BCUT2D eigenvalue weighted by Gasteiger charge is 2.44. The van der Waals surface area contributed by atoms with Crippen LogP contribution in [0.5, 0.6) is 0 Å². The van der Waals surface area contributed by atoms with Gasteiger partial charge in [-0.2, -0.15) is 0 Å². The molecule has 1 aromatic carbocycles. The summed E-state index contributed by atoms with van der Waals surface area (Å²) in [5.74, 6) is -7.58. The molecule has 2 bridgehead atoms. The number of cyclic esters (lactones) is 2. The fourth-order valence-electron chi connectivity index (χ4n) is 10.0. The van der Waals surface area contributed by atoms with Crippen molar-refractivity contribution in [3.8, 4) is 0 Å². The van der Waals surface area contributed by atoms with Crippen molar-refractivity contribution < 1.29 is 52.6 Å². The highest BCUT2D eigenvalue weighted by atomic mass is 16.5. The molecule has 2 aliphatic heterocycles. The molecule has 8 atom stereocenters. The molecule has 0 unspecified atom stereocenters. The molecule has 21 nitrogen and oxygen atoms in total. The number of carbonyl (C=O) groups is 9. The van der Waals surface area contributed by atoms with Crippen molar-refractivity contribution in [1.82, 2.24) is 45.5 Å². The van der Waals surface area contributed by atoms with Gasteiger partial charge < -0.3 is 50.8 Å². The lowest BCUT2D eigenvalue weighted by molar-refractivity contribution is -0.161. The van der Waals surface area contributed by atoms with Crippen molar-refractivity contribution in [2.24, 2.45) is 17.6 Å². The Morgan fingerprint density at radius 1 is 0.629 bits per heavy atom. The molecule has 0 spiro atoms. The molecule has 2 fully saturated rings. The van der Waals surface area contributed by atoms with Gasteiger partial charge in [-0.3, -0.25) is 38.5 Å². The second kappa shape index (κ2) is 23.9. The summed E-state index contributed by atoms with van der Waals surface area (Å²) in [4.78, 5) is 142. The summed E-state index contributed by atoms with van der Waals surface area (Å²) in [6.07, 6.45) is 11.5. The van der Waals surface area contributed by atoms with E-state index in [9.17, 15) is 43.2 Å². The summed E-state index contributed by atoms with van der Waals surface area (Å²) in [7, 11) is 5.67. The van der Waals surface area contributed by atoms with E-state index in [1.165, 1.54) is 62.9 Å². The Bertz CT molecular complexity index is 2320. The number of amides is 7. The van der Waals surface area contributed by atoms with Gasteiger partial charge in [-0.05, 0) is 76.3 Å². The number of nitrogens with one attached hydrogen (secondary N) is 3. The molecule has 0 radical (unpaired) electrons. The van der Waals surface area contributed by atoms with E-state index in [1.807, 2.05) is 0 Å². The number of fused-ring (bicyclic) bond motifs is 5. The van der Waals surface area contributed by atoms with Crippen LogP contribution in [0, 0.1) is 11.8 Å². The topological polar surface area (TPSA) is 273 Å². The first-order valence-corrected chi connectivity index (χ1v) is 24.3. The molecule has 21 heteroatoms. The highest BCUT2D eigenvalue weighted by molar-refractivity contribution is 5.99. The molecule has 6 rings (SSSR count). The fourth-order valence-corrected chi connectivity index (χ4v) is 10.0. The SMILES string of the molecule is C[C@@H]1NC(=O)[C@H](N)COC(=O)[C@H](C2CCCCC2)N(C)C(=O)[C@@H]2C/C=C\C[C@@H](C(=O)N(C)[C@@H](C3CCCCC3)C(=O)OC[C@@H](NC(=O)c3cnc4ccccc4n3)C(=O)N[C@@H](C)C(=O)N2C)N(C)C1=O. The Morgan fingerprint density at radius 3 is 1.59 bits per heavy atom. The molecule has 380 valence electrons. The molecule has 5 N–H and O–H groups in total. The molecule has 2 saturated carbocycles. The number of nitrogens with zero attached hydrogens (tertiary/aromatic N) is 6. The van der Waals surface area contributed by atoms with Gasteiger partial charge in [0.05, 0.1) is 17.2 Å². The van der Waals surface area contributed by atoms with Gasteiger partial charge in [0.25, 0.3) is 5.91 Å². The lowest BCUT2D eigenvalue weighted by atomic mass is 9.83. The number of esters is 2. The van der Waals surface area contributed by atoms with Crippen LogP contribution in [-0.4, -0.2) is 173 Å². The molecule has 1 aromatic heterocycles. The average molecular weight is 973 g/mol. The maximum absolute atomic E-state index is 14.9. The number of ether oxygens (including phenoxy) is 2. The molecule has 70 heavy (non-hydrogen) atoms. The Hall–Kier alpha value is -6.51. The number of nitrogens with two attached hydrogens (primary N) is 1. The zero-order valence-electron chi connectivity index (χ0n) is 41.0. The maximum Gasteiger partial charge on any atom is 0.329 e. The van der Waals surface area contributed by atoms with Gasteiger partial charge in [-0.25, -0.2) is 14.6 Å². The lowest BCUT2D eigenvalue weighted by Gasteiger charge is -2.39. The standard InChI is InChI=1S/C49H68N10O11/c1-28-44(63)56(3)37-23-15-16-24-38(46(65)58(5)39(30-17-9-7-10-18-30)48(67)69-26-32(50)41(60)52-28)57(4)45(64)29(2)53-43(62)36(55-42(61)35-25-51-33-21-13-14-22-34(33)54-35)27-70-49(68)40(59(6)47(37)66)31-19-11-8-12-20-31/h13-16,21-22,25,28-32,36-40H,7-12,17-20,23-24,26-27,50H2,1-6H3,(H,52,60)(H,53,62)(H,55,61)/b16-15-/t28-,29-,32+,36+,37-,38-,39-,40-/m0/s1. The molecule has 7 amide bonds. The Kier molecular flexibility index (Phi) is 18.0. The van der Waals surface area contributed by atoms with Crippen LogP contribution in [0.1, 0.15) is 101 Å². The average Bonchev–Trinajstić information content (AvgIpc) is 3.36. The van der Waals surface area contributed by atoms with Gasteiger partial charge in [0.15, 0.2) is 0 Å². The van der Waals surface area contributed by atoms with Crippen molar-refractivity contribution in [3.05, 3.63) is 48.3 Å². The van der Waals surface area contributed by atoms with Gasteiger partial charge in [0.2, 0.25) is 35.4 Å². The van der Waals surface area contributed by atoms with Crippen LogP contribution in [-0.2, 0) is 47.8 Å². The number of para-hydroxylation sites is 2. The van der Waals surface area contributed by atoms with Gasteiger partial charge >= 0.3 is 11.9 Å². The molecule has 4 aliphatic rings. The Balaban J connectivity index is 1.43. The van der Waals surface area contributed by atoms with E-state index in [4.69, 9.17) is 15.2 Å². The van der Waals surface area contributed by atoms with Crippen molar-refractivity contribution >= 4 is 64.3 Å². The summed E-state index contributed by atoms with van der Waals surface area (Å²) < 4.78 is 11.5. The van der Waals surface area contributed by atoms with E-state index in [0.717, 1.165) is 43.4 Å². The minimum absolute atomic E-state index is 0.123. The number of rotatable bonds is 4. The van der Waals surface area contributed by atoms with E-state index < -0.39 is 115 Å². The second-order valence-electron chi connectivity index (χ2n) is 19.1. The molecule has 2 aromatic rings. The molecular formula is C49H68N10O11. The summed E-state index contributed by atoms with van der Waals surface area (Å²) in [6.45, 7) is 1.53. The molecule has 0 saturated heterocycles. The number of carbonyl (C=O) groups excluding carboxylic acids is 9. The third kappa shape index (κ3) is 12.4. The second-order valence-corrected chi connectivity index (χ2v) is 19.1. The van der Waals surface area contributed by atoms with Crippen LogP contribution in [0.3, 0.4) is 0 Å². The van der Waals surface area contributed by atoms with Gasteiger partial charge in [-0.1, -0.05) is 62.8 Å². The van der Waals surface area contributed by atoms with Gasteiger partial charge in [0, 0.05) is 28.2 Å². The predicted octanol–water partition coefficient (Wildman–Crippen LogP) is 0.984. The molecule has 2 aliphatic carbocycles. The first kappa shape index (κ1) is 52.9. The quantitative estimate of drug-likeness (QED) is 0.246. The number of likely N-dealkylation sites (N-methyl/N-ethyl adjacent to an activating group) is 4. The van der Waals surface area contributed by atoms with E-state index >= 15 is 0 Å². The fraction of sp³-hybridized carbons (Fsp3) is 0.612. The minimum Gasteiger partial charge on any atom is -0.462 e. The summed E-state index contributed by atoms with van der Waals surface area (Å²) in [6, 6.07) is -3.56. The van der Waals surface area contributed by atoms with Crippen molar-refractivity contribution in [2.45, 2.75) is 139 Å².